The first-order chi connectivity index (χ1) is 9.90. The van der Waals surface area contributed by atoms with Crippen LogP contribution in [-0.4, -0.2) is 29.9 Å². The zero-order valence-corrected chi connectivity index (χ0v) is 11.4. The Kier molecular flexibility index (Phi) is 4.29. The summed E-state index contributed by atoms with van der Waals surface area (Å²) >= 11 is 0. The van der Waals surface area contributed by atoms with E-state index in [0.29, 0.717) is 12.5 Å². The number of benzene rings is 1. The number of imidazole rings is 1. The van der Waals surface area contributed by atoms with Crippen LogP contribution >= 0.6 is 0 Å². The molecule has 2 rings (SSSR count). The maximum atomic E-state index is 13.4. The molecular formula is C11H11FN4O4S. The maximum Gasteiger partial charge on any atom is 0.304 e. The van der Waals surface area contributed by atoms with E-state index in [-0.39, 0.29) is 11.4 Å². The summed E-state index contributed by atoms with van der Waals surface area (Å²) in [6.45, 7) is 0.0864. The molecule has 21 heavy (non-hydrogen) atoms. The zero-order chi connectivity index (χ0) is 15.5. The summed E-state index contributed by atoms with van der Waals surface area (Å²) < 4.78 is 39.5. The third-order valence-corrected chi connectivity index (χ3v) is 4.13. The van der Waals surface area contributed by atoms with Crippen molar-refractivity contribution in [2.75, 3.05) is 6.54 Å². The lowest BCUT2D eigenvalue weighted by Gasteiger charge is -2.06. The number of H-pyrrole nitrogens is 1. The number of nitrogens with zero attached hydrogens (tertiary/aromatic N) is 2. The van der Waals surface area contributed by atoms with Gasteiger partial charge in [0.15, 0.2) is 0 Å². The Labute approximate surface area is 119 Å². The second kappa shape index (κ2) is 5.97. The van der Waals surface area contributed by atoms with Crippen LogP contribution in [0.25, 0.3) is 0 Å². The molecule has 0 atom stereocenters. The standard InChI is InChI=1S/C11H11FN4O4S/c12-10-5-9(1-2-11(10)16(17)18)21(19,20)15-4-3-8-6-13-7-14-8/h1-2,5-7,15H,3-4H2,(H,13,14). The van der Waals surface area contributed by atoms with Crippen LogP contribution < -0.4 is 4.72 Å². The zero-order valence-electron chi connectivity index (χ0n) is 10.6. The number of nitro groups is 1. The van der Waals surface area contributed by atoms with Crippen LogP contribution in [-0.2, 0) is 16.4 Å². The Hall–Kier alpha value is -2.33. The van der Waals surface area contributed by atoms with Crippen molar-refractivity contribution in [3.05, 3.63) is 52.3 Å². The molecule has 0 radical (unpaired) electrons. The third kappa shape index (κ3) is 3.61. The van der Waals surface area contributed by atoms with Gasteiger partial charge >= 0.3 is 5.69 Å². The molecule has 2 N–H and O–H groups in total. The number of sulfonamides is 1. The van der Waals surface area contributed by atoms with Gasteiger partial charge in [0.05, 0.1) is 16.1 Å². The fourth-order valence-corrected chi connectivity index (χ4v) is 2.67. The molecule has 1 aromatic heterocycles. The van der Waals surface area contributed by atoms with Gasteiger partial charge in [-0.25, -0.2) is 18.1 Å². The van der Waals surface area contributed by atoms with Crippen LogP contribution in [0.15, 0.2) is 35.6 Å². The summed E-state index contributed by atoms with van der Waals surface area (Å²) in [5, 5.41) is 10.5. The molecule has 0 aliphatic heterocycles. The first kappa shape index (κ1) is 15.1. The second-order valence-electron chi connectivity index (χ2n) is 4.09. The minimum absolute atomic E-state index is 0.0864. The number of nitrogens with one attached hydrogen (secondary N) is 2. The number of hydrogen-bond acceptors (Lipinski definition) is 5. The molecule has 0 aliphatic rings. The predicted octanol–water partition coefficient (Wildman–Crippen LogP) is 0.978. The monoisotopic (exact) mass is 314 g/mol. The highest BCUT2D eigenvalue weighted by atomic mass is 32.2. The molecule has 0 aliphatic carbocycles. The van der Waals surface area contributed by atoms with Crippen molar-refractivity contribution in [3.63, 3.8) is 0 Å². The van der Waals surface area contributed by atoms with Crippen LogP contribution in [0.2, 0.25) is 0 Å². The predicted molar refractivity (Wildman–Crippen MR) is 70.5 cm³/mol. The minimum Gasteiger partial charge on any atom is -0.348 e. The highest BCUT2D eigenvalue weighted by Crippen LogP contribution is 2.20. The average Bonchev–Trinajstić information content (AvgIpc) is 2.91. The molecule has 0 fully saturated rings. The number of aromatic amines is 1. The fraction of sp³-hybridized carbons (Fsp3) is 0.182. The molecule has 112 valence electrons. The van der Waals surface area contributed by atoms with E-state index >= 15 is 0 Å². The molecule has 0 spiro atoms. The van der Waals surface area contributed by atoms with E-state index in [0.717, 1.165) is 17.8 Å². The minimum atomic E-state index is -3.93. The van der Waals surface area contributed by atoms with Gasteiger partial charge in [0.1, 0.15) is 0 Å². The molecule has 2 aromatic rings. The molecule has 10 heteroatoms. The molecule has 1 aromatic carbocycles. The Morgan fingerprint density at radius 3 is 2.76 bits per heavy atom. The van der Waals surface area contributed by atoms with Gasteiger partial charge in [0.2, 0.25) is 15.8 Å². The van der Waals surface area contributed by atoms with E-state index in [9.17, 15) is 22.9 Å². The quantitative estimate of drug-likeness (QED) is 0.608. The van der Waals surface area contributed by atoms with Crippen molar-refractivity contribution in [2.24, 2.45) is 0 Å². The van der Waals surface area contributed by atoms with Crippen LogP contribution in [0, 0.1) is 15.9 Å². The Morgan fingerprint density at radius 2 is 2.19 bits per heavy atom. The Balaban J connectivity index is 2.08. The lowest BCUT2D eigenvalue weighted by molar-refractivity contribution is -0.387. The van der Waals surface area contributed by atoms with Crippen LogP contribution in [0.4, 0.5) is 10.1 Å². The molecular weight excluding hydrogens is 303 g/mol. The first-order valence-electron chi connectivity index (χ1n) is 5.81. The molecule has 0 saturated carbocycles. The summed E-state index contributed by atoms with van der Waals surface area (Å²) in [5.74, 6) is -1.20. The van der Waals surface area contributed by atoms with Crippen molar-refractivity contribution < 1.29 is 17.7 Å². The summed E-state index contributed by atoms with van der Waals surface area (Å²) in [7, 11) is -3.93. The Morgan fingerprint density at radius 1 is 1.43 bits per heavy atom. The van der Waals surface area contributed by atoms with Gasteiger partial charge in [-0.1, -0.05) is 0 Å². The van der Waals surface area contributed by atoms with Crippen LogP contribution in [0.1, 0.15) is 5.69 Å². The Bertz CT molecular complexity index is 746. The highest BCUT2D eigenvalue weighted by molar-refractivity contribution is 7.89. The van der Waals surface area contributed by atoms with E-state index in [4.69, 9.17) is 0 Å². The molecule has 1 heterocycles. The molecule has 0 amide bonds. The van der Waals surface area contributed by atoms with Gasteiger partial charge < -0.3 is 4.98 Å². The number of rotatable bonds is 6. The van der Waals surface area contributed by atoms with Crippen LogP contribution in [0.5, 0.6) is 0 Å². The lowest BCUT2D eigenvalue weighted by atomic mass is 10.3. The van der Waals surface area contributed by atoms with E-state index in [1.54, 1.807) is 6.20 Å². The number of aromatic nitrogens is 2. The summed E-state index contributed by atoms with van der Waals surface area (Å²) in [6.07, 6.45) is 3.41. The summed E-state index contributed by atoms with van der Waals surface area (Å²) in [4.78, 5) is 15.8. The topological polar surface area (TPSA) is 118 Å². The van der Waals surface area contributed by atoms with Gasteiger partial charge in [-0.15, -0.1) is 0 Å². The number of halogens is 1. The first-order valence-corrected chi connectivity index (χ1v) is 7.29. The highest BCUT2D eigenvalue weighted by Gasteiger charge is 2.20. The lowest BCUT2D eigenvalue weighted by Crippen LogP contribution is -2.26. The van der Waals surface area contributed by atoms with Gasteiger partial charge in [0.25, 0.3) is 0 Å². The summed E-state index contributed by atoms with van der Waals surface area (Å²) in [6, 6.07) is 2.43. The average molecular weight is 314 g/mol. The van der Waals surface area contributed by atoms with E-state index in [1.807, 2.05) is 0 Å². The van der Waals surface area contributed by atoms with E-state index < -0.39 is 26.5 Å². The third-order valence-electron chi connectivity index (χ3n) is 2.67. The molecule has 0 unspecified atom stereocenters. The number of hydrogen-bond donors (Lipinski definition) is 2. The largest absolute Gasteiger partial charge is 0.348 e. The van der Waals surface area contributed by atoms with Gasteiger partial charge in [-0.3, -0.25) is 10.1 Å². The van der Waals surface area contributed by atoms with Crippen molar-refractivity contribution in [3.8, 4) is 0 Å². The van der Waals surface area contributed by atoms with Gasteiger partial charge in [0, 0.05) is 37.0 Å². The van der Waals surface area contributed by atoms with E-state index in [1.165, 1.54) is 6.33 Å². The van der Waals surface area contributed by atoms with Crippen molar-refractivity contribution in [2.45, 2.75) is 11.3 Å². The molecule has 0 bridgehead atoms. The number of nitro benzene ring substituents is 1. The van der Waals surface area contributed by atoms with Gasteiger partial charge in [-0.2, -0.15) is 4.39 Å². The smallest absolute Gasteiger partial charge is 0.304 e. The van der Waals surface area contributed by atoms with Crippen molar-refractivity contribution in [1.29, 1.82) is 0 Å². The van der Waals surface area contributed by atoms with Gasteiger partial charge in [-0.05, 0) is 6.07 Å². The van der Waals surface area contributed by atoms with Crippen molar-refractivity contribution in [1.82, 2.24) is 14.7 Å². The maximum absolute atomic E-state index is 13.4. The molecule has 8 nitrogen and oxygen atoms in total. The SMILES string of the molecule is O=[N+]([O-])c1ccc(S(=O)(=O)NCCc2cnc[nH]2)cc1F. The molecule has 0 saturated heterocycles. The van der Waals surface area contributed by atoms with E-state index in [2.05, 4.69) is 14.7 Å². The fourth-order valence-electron chi connectivity index (χ4n) is 1.63. The normalized spacial score (nSPS) is 11.5. The van der Waals surface area contributed by atoms with Crippen LogP contribution in [0.3, 0.4) is 0 Å². The second-order valence-corrected chi connectivity index (χ2v) is 5.86. The van der Waals surface area contributed by atoms with Crippen molar-refractivity contribution >= 4 is 15.7 Å². The summed E-state index contributed by atoms with van der Waals surface area (Å²) in [5.41, 5.74) is -0.0287.